The summed E-state index contributed by atoms with van der Waals surface area (Å²) in [6, 6.07) is 13.6. The summed E-state index contributed by atoms with van der Waals surface area (Å²) in [6.45, 7) is 2.05. The van der Waals surface area contributed by atoms with Gasteiger partial charge in [0.05, 0.1) is 5.52 Å². The molecule has 0 aliphatic heterocycles. The van der Waals surface area contributed by atoms with Gasteiger partial charge in [0.15, 0.2) is 6.33 Å². The number of nitrogens with two attached hydrogens (primary N) is 1. The first-order chi connectivity index (χ1) is 9.22. The van der Waals surface area contributed by atoms with Crippen molar-refractivity contribution in [3.63, 3.8) is 0 Å². The van der Waals surface area contributed by atoms with Crippen molar-refractivity contribution in [2.24, 2.45) is 0 Å². The van der Waals surface area contributed by atoms with Crippen molar-refractivity contribution >= 4 is 28.1 Å². The first-order valence-corrected chi connectivity index (χ1v) is 5.99. The number of aromatic nitrogens is 2. The molecule has 0 unspecified atom stereocenters. The summed E-state index contributed by atoms with van der Waals surface area (Å²) in [6.07, 6.45) is 2.66. The molecule has 0 amide bonds. The van der Waals surface area contributed by atoms with Gasteiger partial charge in [-0.25, -0.2) is 9.97 Å². The van der Waals surface area contributed by atoms with Gasteiger partial charge in [-0.2, -0.15) is 0 Å². The number of nitrogens with one attached hydrogen (secondary N) is 1. The SMILES string of the molecule is Cc1cccc(Nc2n[c]nc3ccc(N)cc23)c1. The van der Waals surface area contributed by atoms with Crippen LogP contribution in [0.3, 0.4) is 0 Å². The fraction of sp³-hybridized carbons (Fsp3) is 0.0667. The maximum Gasteiger partial charge on any atom is 0.200 e. The first kappa shape index (κ1) is 11.5. The summed E-state index contributed by atoms with van der Waals surface area (Å²) < 4.78 is 0. The Morgan fingerprint density at radius 2 is 2.00 bits per heavy atom. The Bertz CT molecular complexity index is 737. The average Bonchev–Trinajstić information content (AvgIpc) is 2.39. The van der Waals surface area contributed by atoms with Crippen LogP contribution < -0.4 is 11.1 Å². The van der Waals surface area contributed by atoms with E-state index < -0.39 is 0 Å². The second-order valence-electron chi connectivity index (χ2n) is 4.44. The van der Waals surface area contributed by atoms with E-state index in [1.807, 2.05) is 43.3 Å². The fourth-order valence-corrected chi connectivity index (χ4v) is 1.98. The number of hydrogen-bond donors (Lipinski definition) is 2. The number of anilines is 3. The third-order valence-corrected chi connectivity index (χ3v) is 2.89. The van der Waals surface area contributed by atoms with Gasteiger partial charge in [-0.3, -0.25) is 0 Å². The van der Waals surface area contributed by atoms with E-state index in [9.17, 15) is 0 Å². The van der Waals surface area contributed by atoms with Crippen molar-refractivity contribution in [1.29, 1.82) is 0 Å². The van der Waals surface area contributed by atoms with Crippen molar-refractivity contribution in [3.05, 3.63) is 54.4 Å². The number of nitrogens with zero attached hydrogens (tertiary/aromatic N) is 2. The summed E-state index contributed by atoms with van der Waals surface area (Å²) in [5, 5.41) is 4.17. The highest BCUT2D eigenvalue weighted by molar-refractivity contribution is 5.92. The lowest BCUT2D eigenvalue weighted by Gasteiger charge is -2.09. The third-order valence-electron chi connectivity index (χ3n) is 2.89. The minimum absolute atomic E-state index is 0.689. The van der Waals surface area contributed by atoms with Gasteiger partial charge in [-0.15, -0.1) is 0 Å². The summed E-state index contributed by atoms with van der Waals surface area (Å²) in [5.41, 5.74) is 9.49. The molecule has 0 saturated carbocycles. The van der Waals surface area contributed by atoms with Gasteiger partial charge >= 0.3 is 0 Å². The van der Waals surface area contributed by atoms with Crippen molar-refractivity contribution in [2.45, 2.75) is 6.92 Å². The van der Waals surface area contributed by atoms with E-state index in [0.29, 0.717) is 11.5 Å². The Hall–Kier alpha value is -2.62. The fourth-order valence-electron chi connectivity index (χ4n) is 1.98. The highest BCUT2D eigenvalue weighted by atomic mass is 15.0. The van der Waals surface area contributed by atoms with E-state index in [1.165, 1.54) is 5.56 Å². The van der Waals surface area contributed by atoms with Gasteiger partial charge in [0.25, 0.3) is 0 Å². The van der Waals surface area contributed by atoms with Gasteiger partial charge in [0, 0.05) is 16.8 Å². The molecule has 0 aliphatic rings. The number of aryl methyl sites for hydroxylation is 1. The smallest absolute Gasteiger partial charge is 0.200 e. The van der Waals surface area contributed by atoms with Gasteiger partial charge in [0.2, 0.25) is 0 Å². The Labute approximate surface area is 111 Å². The molecule has 0 atom stereocenters. The Morgan fingerprint density at radius 1 is 1.11 bits per heavy atom. The second kappa shape index (κ2) is 4.57. The van der Waals surface area contributed by atoms with E-state index >= 15 is 0 Å². The molecule has 2 aromatic carbocycles. The molecule has 3 N–H and O–H groups in total. The summed E-state index contributed by atoms with van der Waals surface area (Å²) in [4.78, 5) is 8.28. The number of nitrogen functional groups attached to an aromatic ring is 1. The zero-order valence-corrected chi connectivity index (χ0v) is 10.5. The lowest BCUT2D eigenvalue weighted by Crippen LogP contribution is -1.97. The van der Waals surface area contributed by atoms with E-state index in [-0.39, 0.29) is 0 Å². The number of benzene rings is 2. The Balaban J connectivity index is 2.07. The van der Waals surface area contributed by atoms with Gasteiger partial charge in [-0.1, -0.05) is 12.1 Å². The molecule has 3 rings (SSSR count). The minimum atomic E-state index is 0.689. The molecule has 1 heterocycles. The molecule has 0 aliphatic carbocycles. The van der Waals surface area contributed by atoms with Crippen LogP contribution in [0.1, 0.15) is 5.56 Å². The molecule has 4 heteroatoms. The van der Waals surface area contributed by atoms with Crippen LogP contribution in [-0.2, 0) is 0 Å². The molecule has 1 aromatic heterocycles. The zero-order chi connectivity index (χ0) is 13.2. The largest absolute Gasteiger partial charge is 0.399 e. The quantitative estimate of drug-likeness (QED) is 0.685. The summed E-state index contributed by atoms with van der Waals surface area (Å²) in [5.74, 6) is 0.711. The van der Waals surface area contributed by atoms with Crippen molar-refractivity contribution < 1.29 is 0 Å². The number of hydrogen-bond acceptors (Lipinski definition) is 4. The van der Waals surface area contributed by atoms with E-state index in [1.54, 1.807) is 0 Å². The van der Waals surface area contributed by atoms with Crippen LogP contribution in [0, 0.1) is 13.3 Å². The topological polar surface area (TPSA) is 63.8 Å². The Morgan fingerprint density at radius 3 is 2.84 bits per heavy atom. The molecule has 93 valence electrons. The molecular weight excluding hydrogens is 236 g/mol. The van der Waals surface area contributed by atoms with Gasteiger partial charge in [-0.05, 0) is 42.8 Å². The highest BCUT2D eigenvalue weighted by Gasteiger charge is 2.04. The van der Waals surface area contributed by atoms with E-state index in [4.69, 9.17) is 5.73 Å². The Kier molecular flexibility index (Phi) is 2.76. The first-order valence-electron chi connectivity index (χ1n) is 5.99. The third kappa shape index (κ3) is 2.33. The molecule has 0 bridgehead atoms. The van der Waals surface area contributed by atoms with Crippen LogP contribution >= 0.6 is 0 Å². The predicted octanol–water partition coefficient (Wildman–Crippen LogP) is 3.06. The number of rotatable bonds is 2. The zero-order valence-electron chi connectivity index (χ0n) is 10.5. The normalized spacial score (nSPS) is 10.6. The van der Waals surface area contributed by atoms with Crippen molar-refractivity contribution in [2.75, 3.05) is 11.1 Å². The monoisotopic (exact) mass is 249 g/mol. The standard InChI is InChI=1S/C15H13N4/c1-10-3-2-4-12(7-10)19-15-13-8-11(16)5-6-14(13)17-9-18-15/h2-8H,16H2,1H3,(H,17,18,19). The highest BCUT2D eigenvalue weighted by Crippen LogP contribution is 2.24. The average molecular weight is 249 g/mol. The maximum atomic E-state index is 5.82. The van der Waals surface area contributed by atoms with Crippen LogP contribution in [0.25, 0.3) is 10.9 Å². The summed E-state index contributed by atoms with van der Waals surface area (Å²) in [7, 11) is 0. The van der Waals surface area contributed by atoms with Gasteiger partial charge in [0.1, 0.15) is 5.82 Å². The number of fused-ring (bicyclic) bond motifs is 1. The molecule has 0 spiro atoms. The van der Waals surface area contributed by atoms with Crippen molar-refractivity contribution in [1.82, 2.24) is 9.97 Å². The molecular formula is C15H13N4. The predicted molar refractivity (Wildman–Crippen MR) is 77.2 cm³/mol. The molecule has 4 nitrogen and oxygen atoms in total. The molecule has 19 heavy (non-hydrogen) atoms. The molecule has 0 saturated heterocycles. The molecule has 3 aromatic rings. The van der Waals surface area contributed by atoms with Crippen LogP contribution in [0.4, 0.5) is 17.2 Å². The van der Waals surface area contributed by atoms with Crippen LogP contribution in [0.5, 0.6) is 0 Å². The minimum Gasteiger partial charge on any atom is -0.399 e. The molecule has 1 radical (unpaired) electrons. The lowest BCUT2D eigenvalue weighted by atomic mass is 10.2. The van der Waals surface area contributed by atoms with Crippen LogP contribution in [0.2, 0.25) is 0 Å². The van der Waals surface area contributed by atoms with E-state index in [0.717, 1.165) is 16.6 Å². The maximum absolute atomic E-state index is 5.82. The lowest BCUT2D eigenvalue weighted by molar-refractivity contribution is 1.20. The van der Waals surface area contributed by atoms with Gasteiger partial charge < -0.3 is 11.1 Å². The van der Waals surface area contributed by atoms with E-state index in [2.05, 4.69) is 27.7 Å². The van der Waals surface area contributed by atoms with Crippen molar-refractivity contribution in [3.8, 4) is 0 Å². The van der Waals surface area contributed by atoms with Crippen LogP contribution in [0.15, 0.2) is 42.5 Å². The second-order valence-corrected chi connectivity index (χ2v) is 4.44. The summed E-state index contributed by atoms with van der Waals surface area (Å²) >= 11 is 0. The van der Waals surface area contributed by atoms with Crippen LogP contribution in [-0.4, -0.2) is 9.97 Å². The molecule has 0 fully saturated rings.